The maximum atomic E-state index is 8.92. The molecule has 2 aromatic rings. The van der Waals surface area contributed by atoms with Crippen molar-refractivity contribution in [3.63, 3.8) is 0 Å². The van der Waals surface area contributed by atoms with E-state index < -0.39 is 0 Å². The molecule has 0 bridgehead atoms. The van der Waals surface area contributed by atoms with Crippen LogP contribution in [-0.2, 0) is 6.54 Å². The Kier molecular flexibility index (Phi) is 2.78. The van der Waals surface area contributed by atoms with Gasteiger partial charge in [0, 0.05) is 18.3 Å². The highest BCUT2D eigenvalue weighted by Gasteiger charge is 2.03. The fraction of sp³-hybridized carbons (Fsp3) is 0.385. The predicted molar refractivity (Wildman–Crippen MR) is 63.1 cm³/mol. The minimum Gasteiger partial charge on any atom is -0.395 e. The highest BCUT2D eigenvalue weighted by atomic mass is 16.3. The number of hydrogen-bond donors (Lipinski definition) is 1. The van der Waals surface area contributed by atoms with E-state index in [1.165, 1.54) is 16.5 Å². The normalized spacial score (nSPS) is 11.5. The third kappa shape index (κ3) is 1.90. The zero-order chi connectivity index (χ0) is 10.8. The van der Waals surface area contributed by atoms with E-state index in [-0.39, 0.29) is 6.61 Å². The molecule has 0 amide bonds. The van der Waals surface area contributed by atoms with E-state index in [4.69, 9.17) is 5.11 Å². The summed E-state index contributed by atoms with van der Waals surface area (Å²) in [6.45, 7) is 5.26. The van der Waals surface area contributed by atoms with Crippen LogP contribution >= 0.6 is 0 Å². The van der Waals surface area contributed by atoms with E-state index in [0.29, 0.717) is 12.5 Å². The van der Waals surface area contributed by atoms with Gasteiger partial charge >= 0.3 is 0 Å². The van der Waals surface area contributed by atoms with Gasteiger partial charge in [0.15, 0.2) is 0 Å². The minimum absolute atomic E-state index is 0.190. The quantitative estimate of drug-likeness (QED) is 0.815. The Morgan fingerprint density at radius 2 is 2.07 bits per heavy atom. The molecular formula is C13H17NO. The number of aromatic nitrogens is 1. The third-order valence-corrected chi connectivity index (χ3v) is 2.80. The topological polar surface area (TPSA) is 25.2 Å². The van der Waals surface area contributed by atoms with Gasteiger partial charge in [-0.1, -0.05) is 19.9 Å². The van der Waals surface area contributed by atoms with Crippen LogP contribution in [0.25, 0.3) is 10.9 Å². The van der Waals surface area contributed by atoms with Gasteiger partial charge in [0.2, 0.25) is 0 Å². The first-order valence-corrected chi connectivity index (χ1v) is 5.42. The Morgan fingerprint density at radius 1 is 1.27 bits per heavy atom. The fourth-order valence-corrected chi connectivity index (χ4v) is 1.88. The molecule has 0 unspecified atom stereocenters. The monoisotopic (exact) mass is 203 g/mol. The van der Waals surface area contributed by atoms with Gasteiger partial charge in [-0.3, -0.25) is 0 Å². The standard InChI is InChI=1S/C13H17NO/c1-10(2)11-3-4-13-12(9-11)5-6-14(13)7-8-15/h3-6,9-10,15H,7-8H2,1-2H3. The molecule has 80 valence electrons. The molecule has 0 saturated carbocycles. The van der Waals surface area contributed by atoms with Gasteiger partial charge in [-0.05, 0) is 35.1 Å². The zero-order valence-electron chi connectivity index (χ0n) is 9.27. The summed E-state index contributed by atoms with van der Waals surface area (Å²) in [5, 5.41) is 10.2. The van der Waals surface area contributed by atoms with Crippen LogP contribution in [0.15, 0.2) is 30.5 Å². The lowest BCUT2D eigenvalue weighted by Gasteiger charge is -2.06. The maximum absolute atomic E-state index is 8.92. The average molecular weight is 203 g/mol. The Balaban J connectivity index is 2.47. The van der Waals surface area contributed by atoms with Crippen molar-refractivity contribution in [3.05, 3.63) is 36.0 Å². The molecule has 0 saturated heterocycles. The van der Waals surface area contributed by atoms with Crippen molar-refractivity contribution in [2.24, 2.45) is 0 Å². The van der Waals surface area contributed by atoms with Gasteiger partial charge < -0.3 is 9.67 Å². The predicted octanol–water partition coefficient (Wildman–Crippen LogP) is 2.76. The molecule has 0 aliphatic rings. The van der Waals surface area contributed by atoms with Gasteiger partial charge in [0.25, 0.3) is 0 Å². The van der Waals surface area contributed by atoms with Gasteiger partial charge in [0.05, 0.1) is 6.61 Å². The van der Waals surface area contributed by atoms with Crippen molar-refractivity contribution >= 4 is 10.9 Å². The molecule has 15 heavy (non-hydrogen) atoms. The largest absolute Gasteiger partial charge is 0.395 e. The molecule has 0 spiro atoms. The number of benzene rings is 1. The molecule has 2 rings (SSSR count). The van der Waals surface area contributed by atoms with Crippen molar-refractivity contribution in [1.29, 1.82) is 0 Å². The number of rotatable bonds is 3. The van der Waals surface area contributed by atoms with Crippen LogP contribution in [0.3, 0.4) is 0 Å². The molecule has 0 atom stereocenters. The van der Waals surface area contributed by atoms with Crippen molar-refractivity contribution in [1.82, 2.24) is 4.57 Å². The van der Waals surface area contributed by atoms with Crippen LogP contribution < -0.4 is 0 Å². The summed E-state index contributed by atoms with van der Waals surface area (Å²) >= 11 is 0. The number of nitrogens with zero attached hydrogens (tertiary/aromatic N) is 1. The number of fused-ring (bicyclic) bond motifs is 1. The van der Waals surface area contributed by atoms with Crippen LogP contribution in [0.4, 0.5) is 0 Å². The molecule has 0 aliphatic carbocycles. The summed E-state index contributed by atoms with van der Waals surface area (Å²) in [5.74, 6) is 0.565. The Labute approximate surface area is 90.2 Å². The second-order valence-corrected chi connectivity index (χ2v) is 4.21. The molecule has 0 radical (unpaired) electrons. The van der Waals surface area contributed by atoms with Crippen molar-refractivity contribution in [2.45, 2.75) is 26.3 Å². The van der Waals surface area contributed by atoms with Crippen LogP contribution in [0.5, 0.6) is 0 Å². The molecule has 2 nitrogen and oxygen atoms in total. The molecule has 0 aliphatic heterocycles. The van der Waals surface area contributed by atoms with Gasteiger partial charge in [-0.2, -0.15) is 0 Å². The molecule has 1 aromatic carbocycles. The Bertz CT molecular complexity index is 457. The SMILES string of the molecule is CC(C)c1ccc2c(ccn2CCO)c1. The van der Waals surface area contributed by atoms with Gasteiger partial charge in [0.1, 0.15) is 0 Å². The number of aliphatic hydroxyl groups excluding tert-OH is 1. The van der Waals surface area contributed by atoms with E-state index >= 15 is 0 Å². The summed E-state index contributed by atoms with van der Waals surface area (Å²) in [7, 11) is 0. The van der Waals surface area contributed by atoms with E-state index in [1.807, 2.05) is 6.20 Å². The second kappa shape index (κ2) is 4.07. The average Bonchev–Trinajstić information content (AvgIpc) is 2.61. The van der Waals surface area contributed by atoms with E-state index in [9.17, 15) is 0 Å². The Hall–Kier alpha value is -1.28. The molecule has 1 heterocycles. The summed E-state index contributed by atoms with van der Waals surface area (Å²) in [6, 6.07) is 8.64. The number of aliphatic hydroxyl groups is 1. The highest BCUT2D eigenvalue weighted by molar-refractivity contribution is 5.81. The summed E-state index contributed by atoms with van der Waals surface area (Å²) in [4.78, 5) is 0. The van der Waals surface area contributed by atoms with Gasteiger partial charge in [-0.15, -0.1) is 0 Å². The van der Waals surface area contributed by atoms with Crippen molar-refractivity contribution in [3.8, 4) is 0 Å². The van der Waals surface area contributed by atoms with Crippen molar-refractivity contribution < 1.29 is 5.11 Å². The van der Waals surface area contributed by atoms with Gasteiger partial charge in [-0.25, -0.2) is 0 Å². The van der Waals surface area contributed by atoms with Crippen LogP contribution in [0.2, 0.25) is 0 Å². The Morgan fingerprint density at radius 3 is 2.73 bits per heavy atom. The zero-order valence-corrected chi connectivity index (χ0v) is 9.27. The lowest BCUT2D eigenvalue weighted by Crippen LogP contribution is -1.99. The van der Waals surface area contributed by atoms with Crippen molar-refractivity contribution in [2.75, 3.05) is 6.61 Å². The maximum Gasteiger partial charge on any atom is 0.0610 e. The molecule has 0 fully saturated rings. The lowest BCUT2D eigenvalue weighted by molar-refractivity contribution is 0.278. The van der Waals surface area contributed by atoms with Crippen LogP contribution in [0, 0.1) is 0 Å². The van der Waals surface area contributed by atoms with E-state index in [2.05, 4.69) is 42.7 Å². The summed E-state index contributed by atoms with van der Waals surface area (Å²) < 4.78 is 2.08. The first-order valence-electron chi connectivity index (χ1n) is 5.42. The van der Waals surface area contributed by atoms with E-state index in [1.54, 1.807) is 0 Å². The molecular weight excluding hydrogens is 186 g/mol. The third-order valence-electron chi connectivity index (χ3n) is 2.80. The molecule has 1 aromatic heterocycles. The first-order chi connectivity index (χ1) is 7.22. The number of hydrogen-bond acceptors (Lipinski definition) is 1. The van der Waals surface area contributed by atoms with Crippen LogP contribution in [-0.4, -0.2) is 16.3 Å². The minimum atomic E-state index is 0.190. The highest BCUT2D eigenvalue weighted by Crippen LogP contribution is 2.22. The first kappa shape index (κ1) is 10.2. The molecule has 2 heteroatoms. The second-order valence-electron chi connectivity index (χ2n) is 4.21. The van der Waals surface area contributed by atoms with E-state index in [0.717, 1.165) is 0 Å². The van der Waals surface area contributed by atoms with Crippen LogP contribution in [0.1, 0.15) is 25.3 Å². The fourth-order valence-electron chi connectivity index (χ4n) is 1.88. The summed E-state index contributed by atoms with van der Waals surface area (Å²) in [6.07, 6.45) is 2.03. The smallest absolute Gasteiger partial charge is 0.0610 e. The summed E-state index contributed by atoms with van der Waals surface area (Å²) in [5.41, 5.74) is 2.57. The lowest BCUT2D eigenvalue weighted by atomic mass is 10.0. The molecule has 1 N–H and O–H groups in total.